The molecular formula is C20H23NO4. The van der Waals surface area contributed by atoms with Gasteiger partial charge in [-0.25, -0.2) is 0 Å². The van der Waals surface area contributed by atoms with E-state index in [0.717, 1.165) is 17.1 Å². The Kier molecular flexibility index (Phi) is 4.83. The quantitative estimate of drug-likeness (QED) is 0.904. The maximum absolute atomic E-state index is 12.3. The molecule has 0 saturated carbocycles. The average Bonchev–Trinajstić information content (AvgIpc) is 2.59. The summed E-state index contributed by atoms with van der Waals surface area (Å²) in [6, 6.07) is 14.8. The summed E-state index contributed by atoms with van der Waals surface area (Å²) in [5, 5.41) is 3.05. The average molecular weight is 341 g/mol. The van der Waals surface area contributed by atoms with Crippen molar-refractivity contribution in [3.8, 4) is 17.2 Å². The zero-order valence-electron chi connectivity index (χ0n) is 14.7. The van der Waals surface area contributed by atoms with Crippen LogP contribution in [0.5, 0.6) is 17.2 Å². The van der Waals surface area contributed by atoms with Gasteiger partial charge in [-0.15, -0.1) is 0 Å². The number of carbonyl (C=O) groups is 1. The number of benzene rings is 2. The Morgan fingerprint density at radius 3 is 2.68 bits per heavy atom. The Labute approximate surface area is 147 Å². The fraction of sp³-hybridized carbons (Fsp3) is 0.350. The molecule has 0 aromatic heterocycles. The highest BCUT2D eigenvalue weighted by Crippen LogP contribution is 2.41. The van der Waals surface area contributed by atoms with E-state index in [1.807, 2.05) is 62.4 Å². The minimum Gasteiger partial charge on any atom is -0.497 e. The second kappa shape index (κ2) is 7.05. The van der Waals surface area contributed by atoms with Gasteiger partial charge < -0.3 is 19.5 Å². The molecule has 0 bridgehead atoms. The lowest BCUT2D eigenvalue weighted by molar-refractivity contribution is -0.124. The van der Waals surface area contributed by atoms with E-state index in [9.17, 15) is 4.79 Å². The van der Waals surface area contributed by atoms with Gasteiger partial charge in [0.1, 0.15) is 22.8 Å². The van der Waals surface area contributed by atoms with Gasteiger partial charge in [0.05, 0.1) is 13.2 Å². The lowest BCUT2D eigenvalue weighted by atomic mass is 9.89. The van der Waals surface area contributed by atoms with E-state index >= 15 is 0 Å². The van der Waals surface area contributed by atoms with Crippen molar-refractivity contribution in [2.75, 3.05) is 13.7 Å². The van der Waals surface area contributed by atoms with Crippen LogP contribution in [0, 0.1) is 0 Å². The highest BCUT2D eigenvalue weighted by Gasteiger charge is 2.34. The molecule has 1 aliphatic rings. The van der Waals surface area contributed by atoms with E-state index in [0.29, 0.717) is 12.2 Å². The summed E-state index contributed by atoms with van der Waals surface area (Å²) in [7, 11) is 1.62. The van der Waals surface area contributed by atoms with E-state index in [4.69, 9.17) is 14.2 Å². The first kappa shape index (κ1) is 17.1. The fourth-order valence-corrected chi connectivity index (χ4v) is 2.99. The smallest absolute Gasteiger partial charge is 0.258 e. The van der Waals surface area contributed by atoms with Gasteiger partial charge in [-0.05, 0) is 38.1 Å². The number of amides is 1. The van der Waals surface area contributed by atoms with Crippen LogP contribution in [0.1, 0.15) is 31.9 Å². The Bertz CT molecular complexity index is 743. The standard InChI is InChI=1S/C20H23NO4/c1-20(2)12-17(16-10-9-15(23-3)11-18(16)25-20)21-19(22)13-24-14-7-5-4-6-8-14/h4-11,17H,12-13H2,1-3H3,(H,21,22)/t17-/m0/s1. The third-order valence-corrected chi connectivity index (χ3v) is 4.13. The second-order valence-corrected chi connectivity index (χ2v) is 6.69. The number of para-hydroxylation sites is 1. The largest absolute Gasteiger partial charge is 0.497 e. The number of fused-ring (bicyclic) bond motifs is 1. The molecule has 2 aromatic carbocycles. The molecule has 0 radical (unpaired) electrons. The summed E-state index contributed by atoms with van der Waals surface area (Å²) >= 11 is 0. The van der Waals surface area contributed by atoms with Crippen LogP contribution in [-0.4, -0.2) is 25.2 Å². The lowest BCUT2D eigenvalue weighted by Gasteiger charge is -2.38. The summed E-state index contributed by atoms with van der Waals surface area (Å²) in [5.74, 6) is 1.99. The van der Waals surface area contributed by atoms with Crippen LogP contribution >= 0.6 is 0 Å². The minimum absolute atomic E-state index is 0.0205. The first-order chi connectivity index (χ1) is 12.0. The summed E-state index contributed by atoms with van der Waals surface area (Å²) < 4.78 is 16.8. The molecule has 25 heavy (non-hydrogen) atoms. The molecule has 1 heterocycles. The number of hydrogen-bond acceptors (Lipinski definition) is 4. The summed E-state index contributed by atoms with van der Waals surface area (Å²) in [5.41, 5.74) is 0.575. The highest BCUT2D eigenvalue weighted by molar-refractivity contribution is 5.78. The molecule has 5 heteroatoms. The third kappa shape index (κ3) is 4.24. The lowest BCUT2D eigenvalue weighted by Crippen LogP contribution is -2.42. The topological polar surface area (TPSA) is 56.8 Å². The number of hydrogen-bond donors (Lipinski definition) is 1. The van der Waals surface area contributed by atoms with Gasteiger partial charge in [0, 0.05) is 18.1 Å². The Morgan fingerprint density at radius 2 is 1.96 bits per heavy atom. The number of methoxy groups -OCH3 is 1. The minimum atomic E-state index is -0.377. The summed E-state index contributed by atoms with van der Waals surface area (Å²) in [6.07, 6.45) is 0.684. The van der Waals surface area contributed by atoms with Gasteiger partial charge >= 0.3 is 0 Å². The monoisotopic (exact) mass is 341 g/mol. The molecule has 132 valence electrons. The van der Waals surface area contributed by atoms with Crippen molar-refractivity contribution >= 4 is 5.91 Å². The van der Waals surface area contributed by atoms with Crippen molar-refractivity contribution in [1.82, 2.24) is 5.32 Å². The number of rotatable bonds is 5. The van der Waals surface area contributed by atoms with E-state index in [-0.39, 0.29) is 24.2 Å². The van der Waals surface area contributed by atoms with E-state index < -0.39 is 0 Å². The molecule has 1 aliphatic heterocycles. The Balaban J connectivity index is 1.70. The molecule has 0 fully saturated rings. The van der Waals surface area contributed by atoms with Crippen molar-refractivity contribution in [2.24, 2.45) is 0 Å². The zero-order valence-corrected chi connectivity index (χ0v) is 14.7. The van der Waals surface area contributed by atoms with Gasteiger partial charge in [0.15, 0.2) is 6.61 Å². The molecule has 0 spiro atoms. The van der Waals surface area contributed by atoms with Gasteiger partial charge in [-0.1, -0.05) is 18.2 Å². The van der Waals surface area contributed by atoms with Crippen LogP contribution < -0.4 is 19.5 Å². The van der Waals surface area contributed by atoms with Gasteiger partial charge in [-0.3, -0.25) is 4.79 Å². The molecule has 0 unspecified atom stereocenters. The van der Waals surface area contributed by atoms with Crippen molar-refractivity contribution < 1.29 is 19.0 Å². The Morgan fingerprint density at radius 1 is 1.20 bits per heavy atom. The summed E-state index contributed by atoms with van der Waals surface area (Å²) in [6.45, 7) is 4.00. The van der Waals surface area contributed by atoms with Crippen LogP contribution in [0.15, 0.2) is 48.5 Å². The number of nitrogens with one attached hydrogen (secondary N) is 1. The van der Waals surface area contributed by atoms with E-state index in [1.165, 1.54) is 0 Å². The molecule has 0 aliphatic carbocycles. The predicted octanol–water partition coefficient (Wildman–Crippen LogP) is 3.49. The van der Waals surface area contributed by atoms with Crippen LogP contribution in [-0.2, 0) is 4.79 Å². The predicted molar refractivity (Wildman–Crippen MR) is 95.1 cm³/mol. The molecule has 5 nitrogen and oxygen atoms in total. The van der Waals surface area contributed by atoms with Gasteiger partial charge in [0.25, 0.3) is 5.91 Å². The molecule has 1 amide bonds. The zero-order chi connectivity index (χ0) is 17.9. The van der Waals surface area contributed by atoms with Crippen LogP contribution in [0.2, 0.25) is 0 Å². The number of carbonyl (C=O) groups excluding carboxylic acids is 1. The highest BCUT2D eigenvalue weighted by atomic mass is 16.5. The Hall–Kier alpha value is -2.69. The maximum Gasteiger partial charge on any atom is 0.258 e. The van der Waals surface area contributed by atoms with Gasteiger partial charge in [-0.2, -0.15) is 0 Å². The van der Waals surface area contributed by atoms with Crippen LogP contribution in [0.25, 0.3) is 0 Å². The molecular weight excluding hydrogens is 318 g/mol. The van der Waals surface area contributed by atoms with Crippen LogP contribution in [0.3, 0.4) is 0 Å². The second-order valence-electron chi connectivity index (χ2n) is 6.69. The van der Waals surface area contributed by atoms with Crippen molar-refractivity contribution in [2.45, 2.75) is 31.9 Å². The van der Waals surface area contributed by atoms with Gasteiger partial charge in [0.2, 0.25) is 0 Å². The molecule has 3 rings (SSSR count). The fourth-order valence-electron chi connectivity index (χ4n) is 2.99. The summed E-state index contributed by atoms with van der Waals surface area (Å²) in [4.78, 5) is 12.3. The third-order valence-electron chi connectivity index (χ3n) is 4.13. The molecule has 1 atom stereocenters. The van der Waals surface area contributed by atoms with Crippen molar-refractivity contribution in [3.05, 3.63) is 54.1 Å². The first-order valence-electron chi connectivity index (χ1n) is 8.31. The van der Waals surface area contributed by atoms with E-state index in [2.05, 4.69) is 5.32 Å². The van der Waals surface area contributed by atoms with Crippen LogP contribution in [0.4, 0.5) is 0 Å². The van der Waals surface area contributed by atoms with Crippen molar-refractivity contribution in [3.63, 3.8) is 0 Å². The number of ether oxygens (including phenoxy) is 3. The molecule has 0 saturated heterocycles. The molecule has 1 N–H and O–H groups in total. The first-order valence-corrected chi connectivity index (χ1v) is 8.31. The van der Waals surface area contributed by atoms with Crippen molar-refractivity contribution in [1.29, 1.82) is 0 Å². The normalized spacial score (nSPS) is 17.8. The SMILES string of the molecule is COc1ccc2c(c1)OC(C)(C)C[C@@H]2NC(=O)COc1ccccc1. The van der Waals surface area contributed by atoms with E-state index in [1.54, 1.807) is 7.11 Å². The molecule has 2 aromatic rings. The maximum atomic E-state index is 12.3.